The van der Waals surface area contributed by atoms with Gasteiger partial charge in [0.05, 0.1) is 58.2 Å². The van der Waals surface area contributed by atoms with E-state index in [4.69, 9.17) is 23.1 Å². The van der Waals surface area contributed by atoms with Gasteiger partial charge in [-0.05, 0) is 83.4 Å². The first-order chi connectivity index (χ1) is 30.6. The molecule has 7 heteroatoms. The standard InChI is InChI=1S/C55H31N7/c1-57-40-13-9-11-37(29-40)50-33-49(59-55(60-50)38-12-10-14-41(30-38)58-2)36-23-21-35(22-24-36)44-27-25-42(31-39(44)34-56)61-53-20-8-5-17-47(53)48-32-43(26-28-54(48)61)62-51-18-6-3-15-45(51)46-16-4-7-19-52(46)62/h3-33H. The predicted octanol–water partition coefficient (Wildman–Crippen LogP) is 14.3. The summed E-state index contributed by atoms with van der Waals surface area (Å²) in [7, 11) is 0. The van der Waals surface area contributed by atoms with Gasteiger partial charge in [-0.25, -0.2) is 19.7 Å². The molecule has 0 atom stereocenters. The molecule has 7 nitrogen and oxygen atoms in total. The summed E-state index contributed by atoms with van der Waals surface area (Å²) in [6.45, 7) is 15.1. The summed E-state index contributed by atoms with van der Waals surface area (Å²) in [5, 5.41) is 15.3. The van der Waals surface area contributed by atoms with E-state index < -0.39 is 0 Å². The van der Waals surface area contributed by atoms with Crippen LogP contribution in [0, 0.1) is 24.5 Å². The van der Waals surface area contributed by atoms with Crippen molar-refractivity contribution in [2.45, 2.75) is 0 Å². The van der Waals surface area contributed by atoms with Gasteiger partial charge in [-0.15, -0.1) is 0 Å². The fraction of sp³-hybridized carbons (Fsp3) is 0. The number of para-hydroxylation sites is 3. The van der Waals surface area contributed by atoms with Crippen molar-refractivity contribution >= 4 is 55.0 Å². The summed E-state index contributed by atoms with van der Waals surface area (Å²) < 4.78 is 4.60. The molecule has 0 spiro atoms. The van der Waals surface area contributed by atoms with Crippen molar-refractivity contribution in [3.8, 4) is 62.5 Å². The zero-order chi connectivity index (χ0) is 41.7. The van der Waals surface area contributed by atoms with Crippen molar-refractivity contribution in [1.82, 2.24) is 19.1 Å². The van der Waals surface area contributed by atoms with Crippen molar-refractivity contribution in [2.75, 3.05) is 0 Å². The molecule has 0 amide bonds. The zero-order valence-electron chi connectivity index (χ0n) is 33.0. The molecule has 11 rings (SSSR count). The van der Waals surface area contributed by atoms with Crippen LogP contribution in [-0.2, 0) is 0 Å². The maximum Gasteiger partial charge on any atom is 0.187 e. The van der Waals surface area contributed by atoms with E-state index in [-0.39, 0.29) is 0 Å². The quantitative estimate of drug-likeness (QED) is 0.158. The molecular formula is C55H31N7. The maximum absolute atomic E-state index is 10.6. The molecule has 0 aliphatic carbocycles. The zero-order valence-corrected chi connectivity index (χ0v) is 33.0. The Balaban J connectivity index is 0.983. The highest BCUT2D eigenvalue weighted by Crippen LogP contribution is 2.38. The Morgan fingerprint density at radius 3 is 1.53 bits per heavy atom. The van der Waals surface area contributed by atoms with Crippen molar-refractivity contribution in [3.05, 3.63) is 216 Å². The molecule has 0 bridgehead atoms. The van der Waals surface area contributed by atoms with Gasteiger partial charge in [0, 0.05) is 44.0 Å². The summed E-state index contributed by atoms with van der Waals surface area (Å²) in [5.41, 5.74) is 13.5. The number of fused-ring (bicyclic) bond motifs is 6. The molecule has 286 valence electrons. The Hall–Kier alpha value is -9.09. The maximum atomic E-state index is 10.6. The lowest BCUT2D eigenvalue weighted by molar-refractivity contribution is 1.16. The van der Waals surface area contributed by atoms with Crippen LogP contribution in [0.4, 0.5) is 11.4 Å². The minimum absolute atomic E-state index is 0.482. The Morgan fingerprint density at radius 1 is 0.419 bits per heavy atom. The topological polar surface area (TPSA) is 68.2 Å². The molecular weight excluding hydrogens is 759 g/mol. The Kier molecular flexibility index (Phi) is 8.50. The Morgan fingerprint density at radius 2 is 0.919 bits per heavy atom. The molecule has 0 aliphatic heterocycles. The summed E-state index contributed by atoms with van der Waals surface area (Å²) in [6.07, 6.45) is 0. The minimum Gasteiger partial charge on any atom is -0.309 e. The van der Waals surface area contributed by atoms with Crippen LogP contribution in [0.1, 0.15) is 5.56 Å². The van der Waals surface area contributed by atoms with Crippen LogP contribution >= 0.6 is 0 Å². The number of rotatable bonds is 6. The van der Waals surface area contributed by atoms with E-state index >= 15 is 0 Å². The highest BCUT2D eigenvalue weighted by molar-refractivity contribution is 6.12. The van der Waals surface area contributed by atoms with Gasteiger partial charge in [0.25, 0.3) is 0 Å². The third-order valence-electron chi connectivity index (χ3n) is 11.6. The smallest absolute Gasteiger partial charge is 0.187 e. The molecule has 0 radical (unpaired) electrons. The van der Waals surface area contributed by atoms with Crippen LogP contribution in [0.25, 0.3) is 110 Å². The van der Waals surface area contributed by atoms with Crippen molar-refractivity contribution < 1.29 is 0 Å². The lowest BCUT2D eigenvalue weighted by Gasteiger charge is -2.13. The minimum atomic E-state index is 0.482. The second-order valence-electron chi connectivity index (χ2n) is 15.1. The first-order valence-corrected chi connectivity index (χ1v) is 20.1. The first kappa shape index (κ1) is 36.0. The fourth-order valence-corrected chi connectivity index (χ4v) is 8.74. The molecule has 62 heavy (non-hydrogen) atoms. The monoisotopic (exact) mass is 789 g/mol. The Labute approximate surface area is 356 Å². The lowest BCUT2D eigenvalue weighted by Crippen LogP contribution is -1.97. The second-order valence-corrected chi connectivity index (χ2v) is 15.1. The van der Waals surface area contributed by atoms with E-state index in [0.29, 0.717) is 34.2 Å². The molecule has 3 heterocycles. The van der Waals surface area contributed by atoms with Gasteiger partial charge in [-0.2, -0.15) is 5.26 Å². The van der Waals surface area contributed by atoms with Gasteiger partial charge in [-0.3, -0.25) is 0 Å². The molecule has 0 fully saturated rings. The second kappa shape index (κ2) is 14.6. The molecule has 0 aliphatic rings. The third kappa shape index (κ3) is 5.96. The summed E-state index contributed by atoms with van der Waals surface area (Å²) in [6, 6.07) is 65.4. The largest absolute Gasteiger partial charge is 0.309 e. The van der Waals surface area contributed by atoms with E-state index in [1.165, 1.54) is 10.8 Å². The van der Waals surface area contributed by atoms with Crippen molar-refractivity contribution in [2.24, 2.45) is 0 Å². The average molecular weight is 790 g/mol. The number of aromatic nitrogens is 4. The van der Waals surface area contributed by atoms with Crippen LogP contribution in [0.3, 0.4) is 0 Å². The van der Waals surface area contributed by atoms with E-state index in [1.54, 1.807) is 18.2 Å². The SMILES string of the molecule is [C-]#[N+]c1cccc(-c2cc(-c3ccc(-c4ccc(-n5c6ccccc6c6cc(-n7c8ccccc8c8ccccc87)ccc65)cc4C#N)cc3)nc(-c3cccc([N+]#[C-])c3)n2)c1. The Bertz CT molecular complexity index is 3610. The van der Waals surface area contributed by atoms with Gasteiger partial charge in [-0.1, -0.05) is 121 Å². The highest BCUT2D eigenvalue weighted by Gasteiger charge is 2.18. The van der Waals surface area contributed by atoms with Crippen LogP contribution in [0.2, 0.25) is 0 Å². The number of hydrogen-bond acceptors (Lipinski definition) is 3. The summed E-state index contributed by atoms with van der Waals surface area (Å²) >= 11 is 0. The summed E-state index contributed by atoms with van der Waals surface area (Å²) in [4.78, 5) is 17.1. The summed E-state index contributed by atoms with van der Waals surface area (Å²) in [5.74, 6) is 0.482. The number of nitriles is 1. The normalized spacial score (nSPS) is 11.2. The lowest BCUT2D eigenvalue weighted by atomic mass is 9.97. The fourth-order valence-electron chi connectivity index (χ4n) is 8.74. The van der Waals surface area contributed by atoms with Gasteiger partial charge in [0.2, 0.25) is 0 Å². The van der Waals surface area contributed by atoms with E-state index in [1.807, 2.05) is 72.8 Å². The number of hydrogen-bond donors (Lipinski definition) is 0. The van der Waals surface area contributed by atoms with Crippen LogP contribution in [0.5, 0.6) is 0 Å². The van der Waals surface area contributed by atoms with Crippen LogP contribution < -0.4 is 0 Å². The van der Waals surface area contributed by atoms with E-state index in [9.17, 15) is 5.26 Å². The van der Waals surface area contributed by atoms with Gasteiger partial charge < -0.3 is 9.13 Å². The first-order valence-electron chi connectivity index (χ1n) is 20.1. The molecule has 11 aromatic rings. The van der Waals surface area contributed by atoms with E-state index in [0.717, 1.165) is 72.0 Å². The molecule has 8 aromatic carbocycles. The van der Waals surface area contributed by atoms with Crippen molar-refractivity contribution in [3.63, 3.8) is 0 Å². The molecule has 3 aromatic heterocycles. The number of benzene rings is 8. The van der Waals surface area contributed by atoms with Crippen LogP contribution in [0.15, 0.2) is 188 Å². The molecule has 0 saturated heterocycles. The predicted molar refractivity (Wildman–Crippen MR) is 250 cm³/mol. The highest BCUT2D eigenvalue weighted by atomic mass is 15.0. The number of nitrogens with zero attached hydrogens (tertiary/aromatic N) is 7. The molecule has 0 unspecified atom stereocenters. The third-order valence-corrected chi connectivity index (χ3v) is 11.6. The van der Waals surface area contributed by atoms with Gasteiger partial charge >= 0.3 is 0 Å². The van der Waals surface area contributed by atoms with Gasteiger partial charge in [0.1, 0.15) is 0 Å². The van der Waals surface area contributed by atoms with Gasteiger partial charge in [0.15, 0.2) is 17.2 Å². The molecule has 0 saturated carbocycles. The van der Waals surface area contributed by atoms with E-state index in [2.05, 4.69) is 122 Å². The average Bonchev–Trinajstić information content (AvgIpc) is 3.86. The van der Waals surface area contributed by atoms with Crippen LogP contribution in [-0.4, -0.2) is 19.1 Å². The van der Waals surface area contributed by atoms with Crippen molar-refractivity contribution in [1.29, 1.82) is 5.26 Å². The molecule has 0 N–H and O–H groups in total.